The lowest BCUT2D eigenvalue weighted by Gasteiger charge is -2.25. The first kappa shape index (κ1) is 14.5. The number of halogens is 1. The average molecular weight is 265 g/mol. The van der Waals surface area contributed by atoms with Crippen LogP contribution in [-0.4, -0.2) is 25.8 Å². The summed E-state index contributed by atoms with van der Waals surface area (Å²) in [6.07, 6.45) is 7.17. The zero-order valence-corrected chi connectivity index (χ0v) is 11.7. The average Bonchev–Trinajstić information content (AvgIpc) is 2.44. The van der Waals surface area contributed by atoms with E-state index >= 15 is 0 Å². The zero-order chi connectivity index (χ0) is 13.5. The number of benzene rings is 1. The van der Waals surface area contributed by atoms with Gasteiger partial charge in [-0.3, -0.25) is 0 Å². The van der Waals surface area contributed by atoms with E-state index in [2.05, 4.69) is 5.32 Å². The van der Waals surface area contributed by atoms with Crippen molar-refractivity contribution in [1.29, 1.82) is 0 Å². The largest absolute Gasteiger partial charge is 0.378 e. The van der Waals surface area contributed by atoms with Crippen molar-refractivity contribution < 1.29 is 9.13 Å². The van der Waals surface area contributed by atoms with Gasteiger partial charge in [0.15, 0.2) is 0 Å². The SMILES string of the molecule is CNC(CCC1CCCCO1)Cc1cccc(F)c1. The van der Waals surface area contributed by atoms with Crippen molar-refractivity contribution in [3.8, 4) is 0 Å². The number of rotatable bonds is 6. The van der Waals surface area contributed by atoms with E-state index in [1.807, 2.05) is 13.1 Å². The maximum Gasteiger partial charge on any atom is 0.123 e. The van der Waals surface area contributed by atoms with E-state index in [1.54, 1.807) is 12.1 Å². The highest BCUT2D eigenvalue weighted by atomic mass is 19.1. The molecule has 1 saturated heterocycles. The Morgan fingerprint density at radius 3 is 3.00 bits per heavy atom. The Morgan fingerprint density at radius 1 is 1.42 bits per heavy atom. The molecule has 0 saturated carbocycles. The Bertz CT molecular complexity index is 377. The molecule has 0 radical (unpaired) electrons. The quantitative estimate of drug-likeness (QED) is 0.852. The number of likely N-dealkylation sites (N-methyl/N-ethyl adjacent to an activating group) is 1. The van der Waals surface area contributed by atoms with Crippen molar-refractivity contribution >= 4 is 0 Å². The third-order valence-electron chi connectivity index (χ3n) is 3.89. The van der Waals surface area contributed by atoms with Gasteiger partial charge in [0.1, 0.15) is 5.82 Å². The second kappa shape index (κ2) is 7.61. The molecule has 106 valence electrons. The Hall–Kier alpha value is -0.930. The minimum Gasteiger partial charge on any atom is -0.378 e. The lowest BCUT2D eigenvalue weighted by atomic mass is 9.97. The molecule has 19 heavy (non-hydrogen) atoms. The molecule has 0 bridgehead atoms. The monoisotopic (exact) mass is 265 g/mol. The van der Waals surface area contributed by atoms with Crippen molar-refractivity contribution in [3.05, 3.63) is 35.6 Å². The van der Waals surface area contributed by atoms with E-state index in [-0.39, 0.29) is 5.82 Å². The third-order valence-corrected chi connectivity index (χ3v) is 3.89. The van der Waals surface area contributed by atoms with Gasteiger partial charge in [-0.15, -0.1) is 0 Å². The van der Waals surface area contributed by atoms with E-state index in [1.165, 1.54) is 25.3 Å². The fourth-order valence-electron chi connectivity index (χ4n) is 2.72. The van der Waals surface area contributed by atoms with Crippen LogP contribution in [0, 0.1) is 5.82 Å². The third kappa shape index (κ3) is 4.92. The molecule has 3 heteroatoms. The molecule has 1 heterocycles. The number of ether oxygens (including phenoxy) is 1. The lowest BCUT2D eigenvalue weighted by Crippen LogP contribution is -2.30. The molecular weight excluding hydrogens is 241 g/mol. The fraction of sp³-hybridized carbons (Fsp3) is 0.625. The van der Waals surface area contributed by atoms with E-state index in [9.17, 15) is 4.39 Å². The van der Waals surface area contributed by atoms with Gasteiger partial charge in [0, 0.05) is 12.6 Å². The first-order valence-corrected chi connectivity index (χ1v) is 7.31. The number of nitrogens with one attached hydrogen (secondary N) is 1. The van der Waals surface area contributed by atoms with Crippen LogP contribution in [0.5, 0.6) is 0 Å². The predicted octanol–water partition coefficient (Wildman–Crippen LogP) is 3.31. The van der Waals surface area contributed by atoms with Crippen molar-refractivity contribution in [2.45, 2.75) is 50.7 Å². The summed E-state index contributed by atoms with van der Waals surface area (Å²) in [4.78, 5) is 0. The van der Waals surface area contributed by atoms with E-state index in [0.29, 0.717) is 12.1 Å². The first-order valence-electron chi connectivity index (χ1n) is 7.31. The Balaban J connectivity index is 1.79. The molecule has 2 nitrogen and oxygen atoms in total. The summed E-state index contributed by atoms with van der Waals surface area (Å²) in [6.45, 7) is 0.915. The summed E-state index contributed by atoms with van der Waals surface area (Å²) >= 11 is 0. The summed E-state index contributed by atoms with van der Waals surface area (Å²) in [5.41, 5.74) is 1.06. The summed E-state index contributed by atoms with van der Waals surface area (Å²) in [6, 6.07) is 7.29. The van der Waals surface area contributed by atoms with Gasteiger partial charge >= 0.3 is 0 Å². The molecule has 0 amide bonds. The smallest absolute Gasteiger partial charge is 0.123 e. The topological polar surface area (TPSA) is 21.3 Å². The van der Waals surface area contributed by atoms with Crippen LogP contribution in [0.15, 0.2) is 24.3 Å². The standard InChI is InChI=1S/C16H24FNO/c1-18-15(8-9-16-7-2-3-10-19-16)12-13-5-4-6-14(17)11-13/h4-6,11,15-16,18H,2-3,7-10,12H2,1H3. The van der Waals surface area contributed by atoms with Gasteiger partial charge in [-0.2, -0.15) is 0 Å². The van der Waals surface area contributed by atoms with Crippen molar-refractivity contribution in [2.24, 2.45) is 0 Å². The summed E-state index contributed by atoms with van der Waals surface area (Å²) in [5, 5.41) is 3.33. The molecule has 2 unspecified atom stereocenters. The molecule has 1 aromatic carbocycles. The van der Waals surface area contributed by atoms with Crippen molar-refractivity contribution in [3.63, 3.8) is 0 Å². The molecule has 1 N–H and O–H groups in total. The van der Waals surface area contributed by atoms with Gasteiger partial charge in [0.2, 0.25) is 0 Å². The highest BCUT2D eigenvalue weighted by molar-refractivity contribution is 5.17. The Labute approximate surface area is 115 Å². The molecule has 2 rings (SSSR count). The minimum absolute atomic E-state index is 0.150. The molecule has 1 aliphatic rings. The van der Waals surface area contributed by atoms with E-state index in [0.717, 1.165) is 31.4 Å². The Morgan fingerprint density at radius 2 is 2.32 bits per heavy atom. The summed E-state index contributed by atoms with van der Waals surface area (Å²) in [5.74, 6) is -0.150. The molecule has 1 aromatic rings. The second-order valence-corrected chi connectivity index (χ2v) is 5.39. The highest BCUT2D eigenvalue weighted by Gasteiger charge is 2.16. The second-order valence-electron chi connectivity index (χ2n) is 5.39. The summed E-state index contributed by atoms with van der Waals surface area (Å²) < 4.78 is 18.9. The van der Waals surface area contributed by atoms with Crippen LogP contribution < -0.4 is 5.32 Å². The Kier molecular flexibility index (Phi) is 5.80. The maximum absolute atomic E-state index is 13.2. The zero-order valence-electron chi connectivity index (χ0n) is 11.7. The van der Waals surface area contributed by atoms with Crippen LogP contribution in [0.3, 0.4) is 0 Å². The van der Waals surface area contributed by atoms with Crippen LogP contribution >= 0.6 is 0 Å². The predicted molar refractivity (Wildman–Crippen MR) is 75.8 cm³/mol. The van der Waals surface area contributed by atoms with E-state index in [4.69, 9.17) is 4.74 Å². The minimum atomic E-state index is -0.150. The van der Waals surface area contributed by atoms with Crippen LogP contribution in [0.4, 0.5) is 4.39 Å². The van der Waals surface area contributed by atoms with Crippen molar-refractivity contribution in [1.82, 2.24) is 5.32 Å². The fourth-order valence-corrected chi connectivity index (χ4v) is 2.72. The van der Waals surface area contributed by atoms with Gasteiger partial charge in [-0.05, 0) is 63.3 Å². The molecular formula is C16H24FNO. The molecule has 0 spiro atoms. The van der Waals surface area contributed by atoms with Crippen molar-refractivity contribution in [2.75, 3.05) is 13.7 Å². The normalized spacial score (nSPS) is 21.3. The van der Waals surface area contributed by atoms with Gasteiger partial charge in [-0.1, -0.05) is 12.1 Å². The maximum atomic E-state index is 13.2. The highest BCUT2D eigenvalue weighted by Crippen LogP contribution is 2.19. The van der Waals surface area contributed by atoms with Crippen LogP contribution in [-0.2, 0) is 11.2 Å². The van der Waals surface area contributed by atoms with E-state index < -0.39 is 0 Å². The first-order chi connectivity index (χ1) is 9.28. The van der Waals surface area contributed by atoms with Gasteiger partial charge in [0.25, 0.3) is 0 Å². The van der Waals surface area contributed by atoms with Gasteiger partial charge in [-0.25, -0.2) is 4.39 Å². The summed E-state index contributed by atoms with van der Waals surface area (Å²) in [7, 11) is 1.98. The molecule has 2 atom stereocenters. The van der Waals surface area contributed by atoms with Crippen LogP contribution in [0.2, 0.25) is 0 Å². The number of hydrogen-bond donors (Lipinski definition) is 1. The molecule has 0 aliphatic carbocycles. The van der Waals surface area contributed by atoms with Gasteiger partial charge < -0.3 is 10.1 Å². The molecule has 0 aromatic heterocycles. The molecule has 1 fully saturated rings. The molecule has 1 aliphatic heterocycles. The van der Waals surface area contributed by atoms with Crippen LogP contribution in [0.1, 0.15) is 37.7 Å². The number of hydrogen-bond acceptors (Lipinski definition) is 2. The van der Waals surface area contributed by atoms with Gasteiger partial charge in [0.05, 0.1) is 6.10 Å². The van der Waals surface area contributed by atoms with Crippen LogP contribution in [0.25, 0.3) is 0 Å². The lowest BCUT2D eigenvalue weighted by molar-refractivity contribution is 0.00870.